The van der Waals surface area contributed by atoms with Crippen molar-refractivity contribution in [3.8, 4) is 28.9 Å². The van der Waals surface area contributed by atoms with E-state index in [2.05, 4.69) is 25.1 Å². The van der Waals surface area contributed by atoms with Crippen molar-refractivity contribution in [3.05, 3.63) is 41.5 Å². The molecule has 3 fully saturated rings. The number of ether oxygens (including phenoxy) is 2. The molecule has 2 aromatic carbocycles. The maximum Gasteiger partial charge on any atom is 0.319 e. The number of anilines is 1. The first kappa shape index (κ1) is 27.6. The van der Waals surface area contributed by atoms with Crippen molar-refractivity contribution in [2.75, 3.05) is 50.8 Å². The largest absolute Gasteiger partial charge is 0.508 e. The molecule has 2 atom stereocenters. The van der Waals surface area contributed by atoms with Gasteiger partial charge in [-0.25, -0.2) is 18.2 Å². The lowest BCUT2D eigenvalue weighted by Gasteiger charge is -2.38. The molecular weight excluding hydrogens is 573 g/mol. The Kier molecular flexibility index (Phi) is 6.49. The highest BCUT2D eigenvalue weighted by Gasteiger charge is 2.49. The zero-order chi connectivity index (χ0) is 30.2. The lowest BCUT2D eigenvalue weighted by atomic mass is 9.94. The number of phenolic OH excluding ortho intramolecular Hbond substituents is 1. The highest BCUT2D eigenvalue weighted by Crippen LogP contribution is 2.44. The molecule has 6 heterocycles. The Bertz CT molecular complexity index is 1800. The third-order valence-corrected chi connectivity index (χ3v) is 9.75. The second-order valence-electron chi connectivity index (χ2n) is 12.3. The monoisotopic (exact) mass is 606 g/mol. The summed E-state index contributed by atoms with van der Waals surface area (Å²) in [6, 6.07) is 5.95. The molecule has 0 amide bonds. The van der Waals surface area contributed by atoms with Gasteiger partial charge in [0.25, 0.3) is 0 Å². The van der Waals surface area contributed by atoms with Crippen molar-refractivity contribution in [2.24, 2.45) is 0 Å². The molecule has 44 heavy (non-hydrogen) atoms. The number of nitrogens with zero attached hydrogens (tertiary/aromatic N) is 5. The summed E-state index contributed by atoms with van der Waals surface area (Å²) in [5.74, 6) is -0.643. The number of benzene rings is 2. The molecule has 9 nitrogen and oxygen atoms in total. The standard InChI is InChI=1S/C32H33F3N6O3/c1-2-21-23(34)5-4-17-10-20(42)11-22(24(17)21)27-26(35)28-25-29(41(19-13-36-14-19)8-9-43-30(25)37-27)39-31(38-28)44-16-32-6-3-7-40(32)15-18(33)12-32/h4-5,10-11,18-19,36,42H,2-3,6-9,12-16H2,1H3/t18-,32+/m1/s1. The fourth-order valence-corrected chi connectivity index (χ4v) is 7.53. The quantitative estimate of drug-likeness (QED) is 0.329. The number of aromatic nitrogens is 3. The molecule has 8 rings (SSSR count). The predicted molar refractivity (Wildman–Crippen MR) is 159 cm³/mol. The minimum absolute atomic E-state index is 0.00160. The number of aromatic hydroxyl groups is 1. The Labute approximate surface area is 252 Å². The number of phenols is 1. The molecule has 0 bridgehead atoms. The summed E-state index contributed by atoms with van der Waals surface area (Å²) in [7, 11) is 0. The van der Waals surface area contributed by atoms with Crippen LogP contribution in [0.3, 0.4) is 0 Å². The van der Waals surface area contributed by atoms with Gasteiger partial charge in [-0.3, -0.25) is 4.90 Å². The predicted octanol–water partition coefficient (Wildman–Crippen LogP) is 4.52. The van der Waals surface area contributed by atoms with Crippen LogP contribution in [0.25, 0.3) is 32.9 Å². The summed E-state index contributed by atoms with van der Waals surface area (Å²) in [6.07, 6.45) is 1.60. The van der Waals surface area contributed by atoms with E-state index in [1.54, 1.807) is 6.07 Å². The average Bonchev–Trinajstić information content (AvgIpc) is 3.44. The number of aryl methyl sites for hydroxylation is 1. The van der Waals surface area contributed by atoms with Crippen LogP contribution < -0.4 is 19.7 Å². The molecule has 2 aromatic heterocycles. The van der Waals surface area contributed by atoms with Crippen LogP contribution in [0.2, 0.25) is 0 Å². The van der Waals surface area contributed by atoms with Gasteiger partial charge in [0.15, 0.2) is 5.82 Å². The summed E-state index contributed by atoms with van der Waals surface area (Å²) >= 11 is 0. The molecule has 2 N–H and O–H groups in total. The smallest absolute Gasteiger partial charge is 0.319 e. The fourth-order valence-electron chi connectivity index (χ4n) is 7.53. The highest BCUT2D eigenvalue weighted by molar-refractivity contribution is 6.03. The number of hydrogen-bond donors (Lipinski definition) is 2. The normalized spacial score (nSPS) is 23.5. The van der Waals surface area contributed by atoms with E-state index in [0.717, 1.165) is 32.5 Å². The summed E-state index contributed by atoms with van der Waals surface area (Å²) < 4.78 is 58.7. The zero-order valence-electron chi connectivity index (χ0n) is 24.4. The minimum Gasteiger partial charge on any atom is -0.508 e. The van der Waals surface area contributed by atoms with Crippen LogP contribution in [0.4, 0.5) is 19.0 Å². The van der Waals surface area contributed by atoms with E-state index >= 15 is 4.39 Å². The number of rotatable bonds is 6. The van der Waals surface area contributed by atoms with Crippen LogP contribution >= 0.6 is 0 Å². The minimum atomic E-state index is -0.913. The van der Waals surface area contributed by atoms with E-state index in [4.69, 9.17) is 14.5 Å². The first-order valence-corrected chi connectivity index (χ1v) is 15.3. The SMILES string of the molecule is CCc1c(F)ccc2cc(O)cc(-c3nc4c5c(nc(OC[C@@]67CCCN6C[C@H](F)C7)nc5c3F)N(C3CNC3)CCO4)c12. The van der Waals surface area contributed by atoms with Gasteiger partial charge in [-0.15, -0.1) is 0 Å². The molecule has 12 heteroatoms. The molecule has 0 radical (unpaired) electrons. The van der Waals surface area contributed by atoms with E-state index in [-0.39, 0.29) is 53.7 Å². The van der Waals surface area contributed by atoms with Gasteiger partial charge in [-0.05, 0) is 60.3 Å². The third-order valence-electron chi connectivity index (χ3n) is 9.75. The van der Waals surface area contributed by atoms with Gasteiger partial charge in [0.1, 0.15) is 53.4 Å². The Morgan fingerprint density at radius 3 is 2.80 bits per heavy atom. The molecule has 3 saturated heterocycles. The number of pyridine rings is 1. The summed E-state index contributed by atoms with van der Waals surface area (Å²) in [5, 5.41) is 15.2. The van der Waals surface area contributed by atoms with Crippen molar-refractivity contribution >= 4 is 27.5 Å². The van der Waals surface area contributed by atoms with Gasteiger partial charge >= 0.3 is 6.01 Å². The number of halogens is 3. The summed E-state index contributed by atoms with van der Waals surface area (Å²) in [5.41, 5.74) is 0.0545. The van der Waals surface area contributed by atoms with E-state index in [9.17, 15) is 13.9 Å². The Morgan fingerprint density at radius 1 is 1.14 bits per heavy atom. The highest BCUT2D eigenvalue weighted by atomic mass is 19.1. The van der Waals surface area contributed by atoms with E-state index < -0.39 is 23.3 Å². The van der Waals surface area contributed by atoms with Crippen LogP contribution in [0.15, 0.2) is 24.3 Å². The first-order valence-electron chi connectivity index (χ1n) is 15.3. The van der Waals surface area contributed by atoms with Gasteiger partial charge in [0.05, 0.1) is 18.1 Å². The van der Waals surface area contributed by atoms with E-state index in [1.165, 1.54) is 18.2 Å². The third kappa shape index (κ3) is 4.25. The molecule has 0 unspecified atom stereocenters. The zero-order valence-corrected chi connectivity index (χ0v) is 24.4. The Hall–Kier alpha value is -3.90. The van der Waals surface area contributed by atoms with Crippen LogP contribution in [0.1, 0.15) is 31.7 Å². The van der Waals surface area contributed by atoms with E-state index in [0.29, 0.717) is 53.5 Å². The maximum absolute atomic E-state index is 16.9. The van der Waals surface area contributed by atoms with Crippen molar-refractivity contribution in [3.63, 3.8) is 0 Å². The van der Waals surface area contributed by atoms with Gasteiger partial charge < -0.3 is 24.8 Å². The topological polar surface area (TPSA) is 95.9 Å². The maximum atomic E-state index is 16.9. The number of nitrogens with one attached hydrogen (secondary N) is 1. The average molecular weight is 607 g/mol. The lowest BCUT2D eigenvalue weighted by Crippen LogP contribution is -2.58. The molecular formula is C32H33F3N6O3. The number of alkyl halides is 1. The molecule has 0 aliphatic carbocycles. The van der Waals surface area contributed by atoms with Crippen LogP contribution in [-0.4, -0.2) is 88.6 Å². The molecule has 230 valence electrons. The molecule has 4 aliphatic heterocycles. The van der Waals surface area contributed by atoms with Crippen molar-refractivity contribution < 1.29 is 27.8 Å². The van der Waals surface area contributed by atoms with Crippen molar-refractivity contribution in [2.45, 2.75) is 50.4 Å². The number of hydrogen-bond acceptors (Lipinski definition) is 9. The first-order chi connectivity index (χ1) is 21.3. The van der Waals surface area contributed by atoms with Crippen LogP contribution in [0.5, 0.6) is 17.6 Å². The number of fused-ring (bicyclic) bond motifs is 2. The summed E-state index contributed by atoms with van der Waals surface area (Å²) in [4.78, 5) is 18.2. The molecule has 0 saturated carbocycles. The fraction of sp³-hybridized carbons (Fsp3) is 0.469. The summed E-state index contributed by atoms with van der Waals surface area (Å²) in [6.45, 7) is 5.47. The van der Waals surface area contributed by atoms with Crippen molar-refractivity contribution in [1.29, 1.82) is 0 Å². The molecule has 4 aromatic rings. The molecule has 0 spiro atoms. The van der Waals surface area contributed by atoms with Gasteiger partial charge in [0, 0.05) is 31.6 Å². The van der Waals surface area contributed by atoms with Crippen LogP contribution in [0, 0.1) is 11.6 Å². The van der Waals surface area contributed by atoms with Crippen LogP contribution in [-0.2, 0) is 6.42 Å². The second-order valence-corrected chi connectivity index (χ2v) is 12.3. The van der Waals surface area contributed by atoms with Crippen molar-refractivity contribution in [1.82, 2.24) is 25.2 Å². The van der Waals surface area contributed by atoms with Gasteiger partial charge in [-0.1, -0.05) is 13.0 Å². The van der Waals surface area contributed by atoms with Gasteiger partial charge in [0.2, 0.25) is 5.88 Å². The molecule has 4 aliphatic rings. The van der Waals surface area contributed by atoms with Gasteiger partial charge in [-0.2, -0.15) is 9.97 Å². The Balaban J connectivity index is 1.32. The lowest BCUT2D eigenvalue weighted by molar-refractivity contribution is 0.107. The van der Waals surface area contributed by atoms with E-state index in [1.807, 2.05) is 6.92 Å². The second kappa shape index (κ2) is 10.3. The Morgan fingerprint density at radius 2 is 2.00 bits per heavy atom.